The molecule has 17 heavy (non-hydrogen) atoms. The van der Waals surface area contributed by atoms with Gasteiger partial charge in [0.25, 0.3) is 0 Å². The van der Waals surface area contributed by atoms with Crippen LogP contribution in [0.4, 0.5) is 5.69 Å². The Labute approximate surface area is 102 Å². The van der Waals surface area contributed by atoms with E-state index in [9.17, 15) is 0 Å². The number of rotatable bonds is 3. The van der Waals surface area contributed by atoms with Crippen molar-refractivity contribution in [3.63, 3.8) is 0 Å². The minimum Gasteiger partial charge on any atom is -0.399 e. The molecule has 0 saturated carbocycles. The van der Waals surface area contributed by atoms with Gasteiger partial charge in [-0.05, 0) is 30.5 Å². The van der Waals surface area contributed by atoms with Gasteiger partial charge < -0.3 is 5.73 Å². The maximum Gasteiger partial charge on any atom is 0.119 e. The number of hydrogen-bond donors (Lipinski definition) is 1. The van der Waals surface area contributed by atoms with Gasteiger partial charge in [0.1, 0.15) is 19.0 Å². The Kier molecular flexibility index (Phi) is 6.33. The first-order chi connectivity index (χ1) is 8.33. The molecular weight excluding hydrogens is 212 g/mol. The predicted molar refractivity (Wildman–Crippen MR) is 69.3 cm³/mol. The van der Waals surface area contributed by atoms with Crippen molar-refractivity contribution >= 4 is 5.69 Å². The van der Waals surface area contributed by atoms with Gasteiger partial charge in [0.2, 0.25) is 0 Å². The molecule has 0 unspecified atom stereocenters. The third kappa shape index (κ3) is 6.25. The van der Waals surface area contributed by atoms with Gasteiger partial charge in [-0.2, -0.15) is 0 Å². The Bertz CT molecular complexity index is 359. The average Bonchev–Trinajstić information content (AvgIpc) is 2.41. The van der Waals surface area contributed by atoms with Crippen LogP contribution in [0.2, 0.25) is 0 Å². The van der Waals surface area contributed by atoms with Gasteiger partial charge in [-0.1, -0.05) is 25.5 Å². The molecule has 0 saturated heterocycles. The van der Waals surface area contributed by atoms with E-state index in [-0.39, 0.29) is 0 Å². The highest BCUT2D eigenvalue weighted by atomic mass is 14.9. The van der Waals surface area contributed by atoms with Gasteiger partial charge in [-0.25, -0.2) is 15.0 Å². The lowest BCUT2D eigenvalue weighted by atomic mass is 10.1. The van der Waals surface area contributed by atoms with Crippen LogP contribution >= 0.6 is 0 Å². The smallest absolute Gasteiger partial charge is 0.119 e. The van der Waals surface area contributed by atoms with Crippen LogP contribution in [0.1, 0.15) is 25.3 Å². The van der Waals surface area contributed by atoms with Crippen molar-refractivity contribution in [3.05, 3.63) is 48.8 Å². The Hall–Kier alpha value is -1.97. The van der Waals surface area contributed by atoms with Gasteiger partial charge in [0, 0.05) is 5.69 Å². The lowest BCUT2D eigenvalue weighted by molar-refractivity contribution is 0.795. The van der Waals surface area contributed by atoms with Gasteiger partial charge in [0.05, 0.1) is 0 Å². The van der Waals surface area contributed by atoms with E-state index in [1.165, 1.54) is 43.8 Å². The highest BCUT2D eigenvalue weighted by Gasteiger charge is 1.90. The van der Waals surface area contributed by atoms with E-state index >= 15 is 0 Å². The van der Waals surface area contributed by atoms with Crippen molar-refractivity contribution in [1.82, 2.24) is 15.0 Å². The van der Waals surface area contributed by atoms with E-state index in [0.717, 1.165) is 5.69 Å². The average molecular weight is 230 g/mol. The number of nitrogen functional groups attached to an aromatic ring is 1. The number of hydrogen-bond acceptors (Lipinski definition) is 4. The molecule has 0 bridgehead atoms. The Balaban J connectivity index is 0.000000202. The molecule has 1 heterocycles. The highest BCUT2D eigenvalue weighted by Crippen LogP contribution is 2.08. The third-order valence-corrected chi connectivity index (χ3v) is 2.20. The van der Waals surface area contributed by atoms with Crippen LogP contribution in [0.15, 0.2) is 43.2 Å². The van der Waals surface area contributed by atoms with Crippen molar-refractivity contribution in [2.24, 2.45) is 0 Å². The maximum atomic E-state index is 5.56. The van der Waals surface area contributed by atoms with E-state index in [1.807, 2.05) is 12.1 Å². The van der Waals surface area contributed by atoms with Crippen LogP contribution in [0.3, 0.4) is 0 Å². The number of benzene rings is 1. The van der Waals surface area contributed by atoms with E-state index in [4.69, 9.17) is 5.73 Å². The summed E-state index contributed by atoms with van der Waals surface area (Å²) in [6.07, 6.45) is 8.01. The van der Waals surface area contributed by atoms with Crippen LogP contribution in [0.25, 0.3) is 0 Å². The zero-order chi connectivity index (χ0) is 12.3. The van der Waals surface area contributed by atoms with Crippen molar-refractivity contribution in [3.8, 4) is 0 Å². The molecule has 1 aromatic heterocycles. The molecule has 0 atom stereocenters. The fourth-order valence-corrected chi connectivity index (χ4v) is 1.27. The zero-order valence-corrected chi connectivity index (χ0v) is 10.1. The lowest BCUT2D eigenvalue weighted by Crippen LogP contribution is -1.87. The van der Waals surface area contributed by atoms with Crippen LogP contribution in [-0.4, -0.2) is 15.0 Å². The molecule has 2 N–H and O–H groups in total. The zero-order valence-electron chi connectivity index (χ0n) is 10.1. The second kappa shape index (κ2) is 8.21. The summed E-state index contributed by atoms with van der Waals surface area (Å²) in [4.78, 5) is 10.7. The fraction of sp³-hybridized carbons (Fsp3) is 0.308. The van der Waals surface area contributed by atoms with Crippen molar-refractivity contribution in [1.29, 1.82) is 0 Å². The van der Waals surface area contributed by atoms with Crippen LogP contribution < -0.4 is 5.73 Å². The van der Waals surface area contributed by atoms with E-state index in [2.05, 4.69) is 34.0 Å². The molecule has 0 amide bonds. The lowest BCUT2D eigenvalue weighted by Gasteiger charge is -1.99. The first-order valence-electron chi connectivity index (χ1n) is 5.72. The second-order valence-corrected chi connectivity index (χ2v) is 3.64. The van der Waals surface area contributed by atoms with Crippen molar-refractivity contribution in [2.45, 2.75) is 26.2 Å². The molecule has 2 rings (SSSR count). The summed E-state index contributed by atoms with van der Waals surface area (Å²) < 4.78 is 0. The van der Waals surface area contributed by atoms with Crippen LogP contribution in [0.5, 0.6) is 0 Å². The minimum absolute atomic E-state index is 0.852. The Morgan fingerprint density at radius 2 is 1.47 bits per heavy atom. The number of nitrogens with two attached hydrogens (primary N) is 1. The molecule has 2 aromatic rings. The fourth-order valence-electron chi connectivity index (χ4n) is 1.27. The van der Waals surface area contributed by atoms with Crippen molar-refractivity contribution < 1.29 is 0 Å². The molecule has 0 fully saturated rings. The molecule has 0 aliphatic carbocycles. The van der Waals surface area contributed by atoms with Gasteiger partial charge in [0.15, 0.2) is 0 Å². The molecular formula is C13H18N4. The van der Waals surface area contributed by atoms with E-state index in [0.29, 0.717) is 0 Å². The van der Waals surface area contributed by atoms with Crippen LogP contribution in [-0.2, 0) is 6.42 Å². The Morgan fingerprint density at radius 1 is 0.941 bits per heavy atom. The summed E-state index contributed by atoms with van der Waals surface area (Å²) in [6, 6.07) is 8.13. The number of nitrogens with zero attached hydrogens (tertiary/aromatic N) is 3. The predicted octanol–water partition coefficient (Wildman–Crippen LogP) is 2.48. The van der Waals surface area contributed by atoms with E-state index in [1.54, 1.807) is 0 Å². The summed E-state index contributed by atoms with van der Waals surface area (Å²) in [5.74, 6) is 0. The largest absolute Gasteiger partial charge is 0.399 e. The molecule has 0 radical (unpaired) electrons. The first kappa shape index (κ1) is 13.1. The summed E-state index contributed by atoms with van der Waals surface area (Å²) >= 11 is 0. The van der Waals surface area contributed by atoms with E-state index < -0.39 is 0 Å². The number of anilines is 1. The first-order valence-corrected chi connectivity index (χ1v) is 5.72. The SMILES string of the molecule is CCCCc1ccc(N)cc1.c1ncncn1. The summed E-state index contributed by atoms with van der Waals surface area (Å²) in [5, 5.41) is 0. The van der Waals surface area contributed by atoms with Crippen LogP contribution in [0, 0.1) is 0 Å². The molecule has 0 spiro atoms. The monoisotopic (exact) mass is 230 g/mol. The molecule has 0 aliphatic heterocycles. The number of aromatic nitrogens is 3. The normalized spacial score (nSPS) is 9.24. The number of aryl methyl sites for hydroxylation is 1. The third-order valence-electron chi connectivity index (χ3n) is 2.20. The van der Waals surface area contributed by atoms with Gasteiger partial charge in [-0.15, -0.1) is 0 Å². The summed E-state index contributed by atoms with van der Waals surface area (Å²) in [5.41, 5.74) is 7.80. The summed E-state index contributed by atoms with van der Waals surface area (Å²) in [7, 11) is 0. The van der Waals surface area contributed by atoms with Gasteiger partial charge in [-0.3, -0.25) is 0 Å². The maximum absolute atomic E-state index is 5.56. The molecule has 4 heteroatoms. The second-order valence-electron chi connectivity index (χ2n) is 3.64. The quantitative estimate of drug-likeness (QED) is 0.823. The topological polar surface area (TPSA) is 64.7 Å². The molecule has 90 valence electrons. The van der Waals surface area contributed by atoms with Crippen molar-refractivity contribution in [2.75, 3.05) is 5.73 Å². The minimum atomic E-state index is 0.852. The number of unbranched alkanes of at least 4 members (excludes halogenated alkanes) is 1. The molecule has 1 aromatic carbocycles. The standard InChI is InChI=1S/C10H15N.C3H3N3/c1-2-3-4-9-5-7-10(11)8-6-9;1-4-2-6-3-5-1/h5-8H,2-4,11H2,1H3;1-3H. The molecule has 0 aliphatic rings. The summed E-state index contributed by atoms with van der Waals surface area (Å²) in [6.45, 7) is 2.21. The molecule has 4 nitrogen and oxygen atoms in total. The van der Waals surface area contributed by atoms with Gasteiger partial charge >= 0.3 is 0 Å². The highest BCUT2D eigenvalue weighted by molar-refractivity contribution is 5.39. The Morgan fingerprint density at radius 3 is 1.88 bits per heavy atom.